The number of nitrogens with one attached hydrogen (secondary N) is 1. The molecule has 0 heterocycles. The van der Waals surface area contributed by atoms with Crippen LogP contribution in [-0.2, 0) is 4.79 Å². The van der Waals surface area contributed by atoms with E-state index in [9.17, 15) is 15.0 Å². The summed E-state index contributed by atoms with van der Waals surface area (Å²) in [5.41, 5.74) is 0. The standard InChI is InChI=1S/C57H111NO3/c1-3-5-7-9-11-13-15-17-19-21-23-25-26-27-28-29-30-31-32-33-35-37-39-41-43-45-47-49-51-53-57(61)58-55(54-59)56(60)52-50-48-46-44-42-40-38-36-34-24-22-20-18-16-14-12-10-8-6-4-2/h21,23,50,52,55-56,59-60H,3-20,22,24-49,51,53-54H2,1-2H3,(H,58,61)/b23-21-,52-50+. The number of aliphatic hydroxyl groups excluding tert-OH is 2. The Morgan fingerprint density at radius 3 is 0.902 bits per heavy atom. The average Bonchev–Trinajstić information content (AvgIpc) is 3.26. The fourth-order valence-corrected chi connectivity index (χ4v) is 8.88. The van der Waals surface area contributed by atoms with Gasteiger partial charge in [-0.2, -0.15) is 0 Å². The van der Waals surface area contributed by atoms with Gasteiger partial charge >= 0.3 is 0 Å². The molecule has 0 aliphatic heterocycles. The molecule has 0 aromatic heterocycles. The van der Waals surface area contributed by atoms with E-state index in [0.717, 1.165) is 25.7 Å². The van der Waals surface area contributed by atoms with Gasteiger partial charge in [0.1, 0.15) is 0 Å². The molecular weight excluding hydrogens is 747 g/mol. The van der Waals surface area contributed by atoms with E-state index in [4.69, 9.17) is 0 Å². The van der Waals surface area contributed by atoms with Crippen molar-refractivity contribution in [2.45, 2.75) is 328 Å². The molecule has 1 amide bonds. The molecule has 0 aliphatic carbocycles. The van der Waals surface area contributed by atoms with Gasteiger partial charge in [-0.1, -0.05) is 289 Å². The fraction of sp³-hybridized carbons (Fsp3) is 0.912. The Morgan fingerprint density at radius 2 is 0.623 bits per heavy atom. The van der Waals surface area contributed by atoms with E-state index in [1.54, 1.807) is 6.08 Å². The molecule has 4 nitrogen and oxygen atoms in total. The number of hydrogen-bond donors (Lipinski definition) is 3. The van der Waals surface area contributed by atoms with Crippen molar-refractivity contribution in [2.24, 2.45) is 0 Å². The Labute approximate surface area is 383 Å². The van der Waals surface area contributed by atoms with Crippen LogP contribution in [0.4, 0.5) is 0 Å². The van der Waals surface area contributed by atoms with Crippen LogP contribution >= 0.6 is 0 Å². The first-order valence-electron chi connectivity index (χ1n) is 28.1. The summed E-state index contributed by atoms with van der Waals surface area (Å²) in [6.45, 7) is 4.34. The zero-order valence-corrected chi connectivity index (χ0v) is 41.7. The van der Waals surface area contributed by atoms with Crippen molar-refractivity contribution in [3.8, 4) is 0 Å². The zero-order chi connectivity index (χ0) is 44.2. The van der Waals surface area contributed by atoms with Crippen LogP contribution in [0.15, 0.2) is 24.3 Å². The topological polar surface area (TPSA) is 69.6 Å². The molecule has 0 bridgehead atoms. The van der Waals surface area contributed by atoms with E-state index in [0.29, 0.717) is 6.42 Å². The van der Waals surface area contributed by atoms with Crippen molar-refractivity contribution in [1.82, 2.24) is 5.32 Å². The van der Waals surface area contributed by atoms with Crippen LogP contribution in [0.5, 0.6) is 0 Å². The van der Waals surface area contributed by atoms with Crippen LogP contribution in [0.1, 0.15) is 316 Å². The molecule has 3 N–H and O–H groups in total. The van der Waals surface area contributed by atoms with Crippen molar-refractivity contribution in [1.29, 1.82) is 0 Å². The summed E-state index contributed by atoms with van der Waals surface area (Å²) in [5, 5.41) is 23.2. The van der Waals surface area contributed by atoms with Crippen LogP contribution in [0.3, 0.4) is 0 Å². The summed E-state index contributed by atoms with van der Waals surface area (Å²) < 4.78 is 0. The van der Waals surface area contributed by atoms with Crippen LogP contribution in [0.2, 0.25) is 0 Å². The summed E-state index contributed by atoms with van der Waals surface area (Å²) in [6, 6.07) is -0.620. The molecule has 362 valence electrons. The van der Waals surface area contributed by atoms with Crippen molar-refractivity contribution in [3.05, 3.63) is 24.3 Å². The summed E-state index contributed by atoms with van der Waals surface area (Å²) in [6.07, 6.45) is 70.5. The smallest absolute Gasteiger partial charge is 0.220 e. The second-order valence-corrected chi connectivity index (χ2v) is 19.4. The number of rotatable bonds is 52. The van der Waals surface area contributed by atoms with E-state index in [2.05, 4.69) is 31.3 Å². The maximum atomic E-state index is 12.5. The van der Waals surface area contributed by atoms with Crippen molar-refractivity contribution < 1.29 is 15.0 Å². The van der Waals surface area contributed by atoms with Gasteiger partial charge in [-0.15, -0.1) is 0 Å². The molecule has 0 fully saturated rings. The first-order chi connectivity index (χ1) is 30.2. The van der Waals surface area contributed by atoms with E-state index in [1.807, 2.05) is 6.08 Å². The first-order valence-corrected chi connectivity index (χ1v) is 28.1. The summed E-state index contributed by atoms with van der Waals surface area (Å²) in [4.78, 5) is 12.5. The molecule has 0 rings (SSSR count). The summed E-state index contributed by atoms with van der Waals surface area (Å²) in [5.74, 6) is -0.0577. The number of allylic oxidation sites excluding steroid dienone is 3. The van der Waals surface area contributed by atoms with Gasteiger partial charge < -0.3 is 15.5 Å². The van der Waals surface area contributed by atoms with Crippen LogP contribution in [0.25, 0.3) is 0 Å². The Kier molecular flexibility index (Phi) is 52.2. The first kappa shape index (κ1) is 59.9. The largest absolute Gasteiger partial charge is 0.394 e. The third-order valence-corrected chi connectivity index (χ3v) is 13.2. The Hall–Kier alpha value is -1.13. The van der Waals surface area contributed by atoms with Gasteiger partial charge in [0.2, 0.25) is 5.91 Å². The van der Waals surface area contributed by atoms with Crippen molar-refractivity contribution in [2.75, 3.05) is 6.61 Å². The Morgan fingerprint density at radius 1 is 0.377 bits per heavy atom. The molecule has 0 saturated carbocycles. The van der Waals surface area contributed by atoms with Gasteiger partial charge in [0.25, 0.3) is 0 Å². The quantitative estimate of drug-likeness (QED) is 0.0422. The van der Waals surface area contributed by atoms with Gasteiger partial charge in [0.05, 0.1) is 18.8 Å². The molecule has 61 heavy (non-hydrogen) atoms. The number of carbonyl (C=O) groups is 1. The fourth-order valence-electron chi connectivity index (χ4n) is 8.88. The number of unbranched alkanes of at least 4 members (excludes halogenated alkanes) is 43. The van der Waals surface area contributed by atoms with Gasteiger partial charge in [-0.3, -0.25) is 4.79 Å². The SMILES string of the molecule is CCCCCCCCCC/C=C\CCCCCCCCCCCCCCCCCCCC(=O)NC(CO)C(O)/C=C/CCCCCCCCCCCCCCCCCCCC. The highest BCUT2D eigenvalue weighted by atomic mass is 16.3. The minimum Gasteiger partial charge on any atom is -0.394 e. The lowest BCUT2D eigenvalue weighted by atomic mass is 10.0. The summed E-state index contributed by atoms with van der Waals surface area (Å²) in [7, 11) is 0. The zero-order valence-electron chi connectivity index (χ0n) is 41.7. The molecule has 0 aliphatic rings. The predicted octanol–water partition coefficient (Wildman–Crippen LogP) is 18.3. The van der Waals surface area contributed by atoms with Gasteiger partial charge in [0.15, 0.2) is 0 Å². The maximum absolute atomic E-state index is 12.5. The highest BCUT2D eigenvalue weighted by Gasteiger charge is 2.18. The number of amides is 1. The molecule has 0 radical (unpaired) electrons. The lowest BCUT2D eigenvalue weighted by molar-refractivity contribution is -0.123. The van der Waals surface area contributed by atoms with Gasteiger partial charge in [0, 0.05) is 6.42 Å². The van der Waals surface area contributed by atoms with Crippen LogP contribution in [0, 0.1) is 0 Å². The second-order valence-electron chi connectivity index (χ2n) is 19.4. The van der Waals surface area contributed by atoms with E-state index in [1.165, 1.54) is 270 Å². The van der Waals surface area contributed by atoms with E-state index >= 15 is 0 Å². The van der Waals surface area contributed by atoms with Gasteiger partial charge in [-0.05, 0) is 44.9 Å². The highest BCUT2D eigenvalue weighted by molar-refractivity contribution is 5.76. The lowest BCUT2D eigenvalue weighted by Crippen LogP contribution is -2.45. The van der Waals surface area contributed by atoms with E-state index < -0.39 is 12.1 Å². The van der Waals surface area contributed by atoms with Crippen LogP contribution < -0.4 is 5.32 Å². The Bertz CT molecular complexity index is 886. The lowest BCUT2D eigenvalue weighted by Gasteiger charge is -2.20. The molecule has 2 unspecified atom stereocenters. The van der Waals surface area contributed by atoms with Crippen molar-refractivity contribution >= 4 is 5.91 Å². The van der Waals surface area contributed by atoms with Gasteiger partial charge in [-0.25, -0.2) is 0 Å². The molecule has 0 spiro atoms. The second kappa shape index (κ2) is 53.2. The molecule has 0 aromatic rings. The highest BCUT2D eigenvalue weighted by Crippen LogP contribution is 2.17. The minimum atomic E-state index is -0.837. The van der Waals surface area contributed by atoms with Crippen molar-refractivity contribution in [3.63, 3.8) is 0 Å². The maximum Gasteiger partial charge on any atom is 0.220 e. The normalized spacial score (nSPS) is 12.9. The predicted molar refractivity (Wildman–Crippen MR) is 272 cm³/mol. The number of hydrogen-bond acceptors (Lipinski definition) is 3. The third kappa shape index (κ3) is 49.7. The molecule has 2 atom stereocenters. The molecular formula is C57H111NO3. The Balaban J connectivity index is 3.45. The monoisotopic (exact) mass is 858 g/mol. The molecule has 4 heteroatoms. The molecule has 0 aromatic carbocycles. The number of carbonyl (C=O) groups excluding carboxylic acids is 1. The number of aliphatic hydroxyl groups is 2. The summed E-state index contributed by atoms with van der Waals surface area (Å²) >= 11 is 0. The third-order valence-electron chi connectivity index (χ3n) is 13.2. The van der Waals surface area contributed by atoms with E-state index in [-0.39, 0.29) is 12.5 Å². The minimum absolute atomic E-state index is 0.0577. The average molecular weight is 859 g/mol. The van der Waals surface area contributed by atoms with Crippen LogP contribution in [-0.4, -0.2) is 34.9 Å². The molecule has 0 saturated heterocycles.